The van der Waals surface area contributed by atoms with Gasteiger partial charge in [0.1, 0.15) is 35.9 Å². The number of allylic oxidation sites excluding steroid dienone is 8. The number of aromatic nitrogens is 4. The van der Waals surface area contributed by atoms with Gasteiger partial charge in [0, 0.05) is 43.0 Å². The summed E-state index contributed by atoms with van der Waals surface area (Å²) in [7, 11) is 0. The molecule has 0 spiro atoms. The van der Waals surface area contributed by atoms with E-state index in [0.717, 1.165) is 42.2 Å². The number of nitrogens with one attached hydrogen (secondary N) is 6. The number of H-pyrrole nitrogens is 1. The minimum Gasteiger partial charge on any atom is -0.370 e. The van der Waals surface area contributed by atoms with Crippen LogP contribution in [-0.4, -0.2) is 121 Å². The second-order valence-electron chi connectivity index (χ2n) is 18.8. The molecule has 0 unspecified atom stereocenters. The number of benzene rings is 1. The molecule has 5 aliphatic rings. The summed E-state index contributed by atoms with van der Waals surface area (Å²) in [5.41, 5.74) is 20.5. The van der Waals surface area contributed by atoms with E-state index in [1.165, 1.54) is 4.90 Å². The van der Waals surface area contributed by atoms with E-state index in [2.05, 4.69) is 66.2 Å². The quantitative estimate of drug-likeness (QED) is 0.143. The van der Waals surface area contributed by atoms with Crippen LogP contribution >= 0.6 is 0 Å². The molecule has 72 heavy (non-hydrogen) atoms. The summed E-state index contributed by atoms with van der Waals surface area (Å²) in [6.45, 7) is 0.108. The Bertz CT molecular complexity index is 2570. The van der Waals surface area contributed by atoms with Crippen molar-refractivity contribution in [2.45, 2.75) is 132 Å². The summed E-state index contributed by atoms with van der Waals surface area (Å²) in [5, 5.41) is 23.2. The van der Waals surface area contributed by atoms with Crippen molar-refractivity contribution in [2.75, 3.05) is 13.1 Å². The van der Waals surface area contributed by atoms with E-state index >= 15 is 4.79 Å². The van der Waals surface area contributed by atoms with Crippen molar-refractivity contribution in [2.24, 2.45) is 23.1 Å². The van der Waals surface area contributed by atoms with Gasteiger partial charge in [-0.3, -0.25) is 38.4 Å². The number of para-hydroxylation sites is 1. The van der Waals surface area contributed by atoms with Crippen molar-refractivity contribution in [3.8, 4) is 0 Å². The first kappa shape index (κ1) is 54.4. The Morgan fingerprint density at radius 1 is 0.792 bits per heavy atom. The number of hydrogen-bond donors (Lipinski definition) is 9. The molecule has 12 N–H and O–H groups in total. The number of fused-ring (bicyclic) bond motifs is 2. The molecule has 0 bridgehead atoms. The van der Waals surface area contributed by atoms with Gasteiger partial charge in [-0.1, -0.05) is 85.2 Å². The van der Waals surface area contributed by atoms with Crippen LogP contribution in [0.3, 0.4) is 0 Å². The molecule has 3 aliphatic carbocycles. The third-order valence-corrected chi connectivity index (χ3v) is 13.6. The standard InChI is InChI=1S/C45H59N13O8.C5H6.Fe/c46-30-20-38(60)49-17-9-8-16-32(40(48)61)51-42(63)33(18-27-22-50-31-15-7-6-14-29(27)31)53-44(65)36-19-28(58-24-35(55-56-58)25-10-4-5-11-25)23-57(36)45(66)39(26-12-2-1-3-13-26)54-43(64)34(21-37(47)59)52-41(30)62;1-2-4-5-3-1;/h4-7,10,14-15,22,24,26,28,30,32-34,36,39,50H,1-3,8-9,11-13,16-21,23,46H2,(H2,47,59)(H2,48,61)(H,49,60)(H,51,63)(H,52,62)(H,53,65)(H,54,64);1-4H,5H2;/q;;+2/t28-,30-,32-,33-,34-,36-,39-;;/m0../s1. The summed E-state index contributed by atoms with van der Waals surface area (Å²) in [6, 6.07) is -0.884. The summed E-state index contributed by atoms with van der Waals surface area (Å²) >= 11 is 0. The first-order chi connectivity index (χ1) is 34.2. The Hall–Kier alpha value is -6.90. The molecule has 3 fully saturated rings. The van der Waals surface area contributed by atoms with E-state index in [0.29, 0.717) is 43.4 Å². The molecule has 0 radical (unpaired) electrons. The average Bonchev–Trinajstić information content (AvgIpc) is 4.22. The number of primary amides is 2. The first-order valence-corrected chi connectivity index (χ1v) is 24.5. The maximum Gasteiger partial charge on any atom is 2.00 e. The van der Waals surface area contributed by atoms with Crippen LogP contribution in [0.25, 0.3) is 16.5 Å². The van der Waals surface area contributed by atoms with Crippen LogP contribution in [0.2, 0.25) is 0 Å². The smallest absolute Gasteiger partial charge is 0.370 e. The Balaban J connectivity index is 0.00000133. The molecule has 8 amide bonds. The molecule has 7 atom stereocenters. The summed E-state index contributed by atoms with van der Waals surface area (Å²) in [5.74, 6) is -6.41. The van der Waals surface area contributed by atoms with Crippen molar-refractivity contribution >= 4 is 63.7 Å². The second kappa shape index (κ2) is 26.0. The van der Waals surface area contributed by atoms with Crippen LogP contribution in [0.15, 0.2) is 79.2 Å². The first-order valence-electron chi connectivity index (χ1n) is 24.5. The van der Waals surface area contributed by atoms with Crippen molar-refractivity contribution < 1.29 is 55.4 Å². The van der Waals surface area contributed by atoms with Gasteiger partial charge in [-0.05, 0) is 68.1 Å². The third-order valence-electron chi connectivity index (χ3n) is 13.6. The van der Waals surface area contributed by atoms with Crippen LogP contribution in [-0.2, 0) is 61.8 Å². The fraction of sp³-hybridized carbons (Fsp3) is 0.480. The molecule has 8 rings (SSSR count). The Kier molecular flexibility index (Phi) is 19.6. The number of carbonyl (C=O) groups is 8. The molecular weight excluding hydrogens is 966 g/mol. The van der Waals surface area contributed by atoms with E-state index in [1.807, 2.05) is 42.5 Å². The number of hydrogen-bond acceptors (Lipinski definition) is 11. The molecule has 22 heteroatoms. The SMILES string of the molecule is C1=CCC=C1.NC(=O)C[C@@H]1NC(=O)[C@@H](N)CC(=O)NCCCC[C@@H](C(N)=O)NC(=O)[C@H](Cc2c[nH]c3ccccc23)NC(=O)[C@@H]2C[C@H](n3cc(C4=CC=CC4)nn3)CN2C(=O)[C@H](C2CCCCC2)NC1=O.[Fe+2]. The van der Waals surface area contributed by atoms with Gasteiger partial charge in [-0.15, -0.1) is 5.10 Å². The topological polar surface area (TPSA) is 325 Å². The number of amides is 8. The third kappa shape index (κ3) is 14.4. The van der Waals surface area contributed by atoms with E-state index in [4.69, 9.17) is 17.2 Å². The number of carbonyl (C=O) groups excluding carboxylic acids is 8. The molecule has 4 heterocycles. The number of nitrogens with zero attached hydrogens (tertiary/aromatic N) is 4. The fourth-order valence-electron chi connectivity index (χ4n) is 9.72. The average molecular weight is 1030 g/mol. The minimum absolute atomic E-state index is 0. The maximum absolute atomic E-state index is 15.2. The zero-order chi connectivity index (χ0) is 50.4. The van der Waals surface area contributed by atoms with Crippen LogP contribution in [0, 0.1) is 5.92 Å². The number of nitrogens with two attached hydrogens (primary N) is 3. The van der Waals surface area contributed by atoms with E-state index < -0.39 is 108 Å². The van der Waals surface area contributed by atoms with E-state index in [9.17, 15) is 33.6 Å². The van der Waals surface area contributed by atoms with Gasteiger partial charge in [0.15, 0.2) is 0 Å². The molecule has 2 aliphatic heterocycles. The summed E-state index contributed by atoms with van der Waals surface area (Å²) in [4.78, 5) is 114. The molecule has 2 aromatic heterocycles. The maximum atomic E-state index is 15.2. The molecule has 3 aromatic rings. The zero-order valence-corrected chi connectivity index (χ0v) is 41.2. The van der Waals surface area contributed by atoms with E-state index in [1.54, 1.807) is 17.1 Å². The van der Waals surface area contributed by atoms with Crippen molar-refractivity contribution in [3.63, 3.8) is 0 Å². The molecular formula is C50H65FeN13O8+2. The normalized spacial score (nSPS) is 26.0. The molecule has 21 nitrogen and oxygen atoms in total. The van der Waals surface area contributed by atoms with Crippen LogP contribution in [0.4, 0.5) is 0 Å². The van der Waals surface area contributed by atoms with Crippen molar-refractivity contribution in [1.29, 1.82) is 0 Å². The minimum atomic E-state index is -1.55. The Morgan fingerprint density at radius 2 is 1.51 bits per heavy atom. The van der Waals surface area contributed by atoms with Crippen LogP contribution in [0.5, 0.6) is 0 Å². The van der Waals surface area contributed by atoms with Crippen molar-refractivity contribution in [3.05, 3.63) is 90.4 Å². The monoisotopic (exact) mass is 1030 g/mol. The largest absolute Gasteiger partial charge is 2.00 e. The Labute approximate surface area is 427 Å². The number of aromatic amines is 1. The van der Waals surface area contributed by atoms with Crippen LogP contribution in [0.1, 0.15) is 101 Å². The summed E-state index contributed by atoms with van der Waals surface area (Å²) < 4.78 is 1.61. The fourth-order valence-corrected chi connectivity index (χ4v) is 9.72. The van der Waals surface area contributed by atoms with Crippen molar-refractivity contribution in [1.82, 2.24) is 51.5 Å². The molecule has 384 valence electrons. The van der Waals surface area contributed by atoms with E-state index in [-0.39, 0.29) is 49.4 Å². The summed E-state index contributed by atoms with van der Waals surface area (Å²) in [6.07, 6.45) is 22.8. The second-order valence-corrected chi connectivity index (χ2v) is 18.8. The van der Waals surface area contributed by atoms with Gasteiger partial charge in [-0.25, -0.2) is 4.68 Å². The van der Waals surface area contributed by atoms with Crippen LogP contribution < -0.4 is 43.8 Å². The van der Waals surface area contributed by atoms with Gasteiger partial charge < -0.3 is 53.7 Å². The van der Waals surface area contributed by atoms with Gasteiger partial charge in [-0.2, -0.15) is 0 Å². The van der Waals surface area contributed by atoms with Gasteiger partial charge in [0.25, 0.3) is 0 Å². The molecule has 2 saturated heterocycles. The van der Waals surface area contributed by atoms with Gasteiger partial charge in [0.2, 0.25) is 47.3 Å². The number of rotatable bonds is 8. The molecule has 1 aromatic carbocycles. The van der Waals surface area contributed by atoms with Gasteiger partial charge >= 0.3 is 17.1 Å². The zero-order valence-electron chi connectivity index (χ0n) is 40.1. The Morgan fingerprint density at radius 3 is 2.21 bits per heavy atom. The molecule has 1 saturated carbocycles. The predicted molar refractivity (Wildman–Crippen MR) is 263 cm³/mol. The predicted octanol–water partition coefficient (Wildman–Crippen LogP) is 0.885. The van der Waals surface area contributed by atoms with Gasteiger partial charge in [0.05, 0.1) is 31.1 Å².